The molecule has 2 aromatic carbocycles. The molecule has 0 bridgehead atoms. The second-order valence-corrected chi connectivity index (χ2v) is 13.7. The highest BCUT2D eigenvalue weighted by atomic mass is 16.6. The molecule has 2 aliphatic heterocycles. The Balaban J connectivity index is 1.59. The molecular formula is C39H54N2O9. The first-order valence-corrected chi connectivity index (χ1v) is 18.0. The van der Waals surface area contributed by atoms with E-state index < -0.39 is 60.3 Å². The quantitative estimate of drug-likeness (QED) is 0.137. The van der Waals surface area contributed by atoms with Crippen molar-refractivity contribution in [2.45, 2.75) is 123 Å². The molecule has 2 fully saturated rings. The van der Waals surface area contributed by atoms with E-state index in [1.54, 1.807) is 18.9 Å². The lowest BCUT2D eigenvalue weighted by Crippen LogP contribution is -2.52. The van der Waals surface area contributed by atoms with Crippen LogP contribution in [0.4, 0.5) is 4.79 Å². The third kappa shape index (κ3) is 11.2. The van der Waals surface area contributed by atoms with Gasteiger partial charge in [-0.25, -0.2) is 4.79 Å². The van der Waals surface area contributed by atoms with Crippen LogP contribution >= 0.6 is 0 Å². The number of esters is 2. The van der Waals surface area contributed by atoms with Gasteiger partial charge in [0.05, 0.1) is 44.7 Å². The lowest BCUT2D eigenvalue weighted by molar-refractivity contribution is -0.177. The van der Waals surface area contributed by atoms with E-state index >= 15 is 0 Å². The first-order chi connectivity index (χ1) is 24.1. The first-order valence-electron chi connectivity index (χ1n) is 18.0. The largest absolute Gasteiger partial charge is 0.497 e. The summed E-state index contributed by atoms with van der Waals surface area (Å²) >= 11 is 0. The monoisotopic (exact) mass is 694 g/mol. The maximum Gasteiger partial charge on any atom is 0.407 e. The summed E-state index contributed by atoms with van der Waals surface area (Å²) in [7, 11) is 1.59. The van der Waals surface area contributed by atoms with Gasteiger partial charge in [0.15, 0.2) is 6.10 Å². The molecule has 1 N–H and O–H groups in total. The van der Waals surface area contributed by atoms with Crippen LogP contribution in [0.5, 0.6) is 5.75 Å². The molecule has 0 spiro atoms. The van der Waals surface area contributed by atoms with Gasteiger partial charge in [0.25, 0.3) is 5.91 Å². The fourth-order valence-electron chi connectivity index (χ4n) is 6.47. The number of methoxy groups -OCH3 is 1. The molecule has 2 saturated heterocycles. The number of rotatable bonds is 14. The van der Waals surface area contributed by atoms with Crippen LogP contribution < -0.4 is 10.1 Å². The second kappa shape index (κ2) is 19.3. The van der Waals surface area contributed by atoms with Gasteiger partial charge in [0.1, 0.15) is 18.0 Å². The van der Waals surface area contributed by atoms with Crippen LogP contribution in [-0.4, -0.2) is 73.0 Å². The predicted octanol–water partition coefficient (Wildman–Crippen LogP) is 6.36. The SMILES string of the molecule is CCCCCCC[C@@H]1OC(=O)C[C@@H](OCc2ccc(OC)cc2)[C@@H]2C[C@@H](OC(=O)NCc3ccccc3)CN2C(=O)[C@H](C(C)C)OC(=O)[C@H]1C. The predicted molar refractivity (Wildman–Crippen MR) is 187 cm³/mol. The van der Waals surface area contributed by atoms with Crippen molar-refractivity contribution < 1.29 is 42.9 Å². The van der Waals surface area contributed by atoms with Crippen molar-refractivity contribution in [1.29, 1.82) is 0 Å². The minimum Gasteiger partial charge on any atom is -0.497 e. The van der Waals surface area contributed by atoms with Crippen molar-refractivity contribution in [3.05, 3.63) is 65.7 Å². The van der Waals surface area contributed by atoms with Crippen LogP contribution in [0.1, 0.15) is 90.2 Å². The highest BCUT2D eigenvalue weighted by Crippen LogP contribution is 2.31. The Bertz CT molecular complexity index is 1380. The highest BCUT2D eigenvalue weighted by molar-refractivity contribution is 5.86. The summed E-state index contributed by atoms with van der Waals surface area (Å²) < 4.78 is 29.5. The number of unbranched alkanes of at least 4 members (excludes halogenated alkanes) is 4. The zero-order valence-corrected chi connectivity index (χ0v) is 30.1. The van der Waals surface area contributed by atoms with E-state index in [2.05, 4.69) is 12.2 Å². The van der Waals surface area contributed by atoms with Crippen LogP contribution in [0.3, 0.4) is 0 Å². The third-order valence-electron chi connectivity index (χ3n) is 9.46. The molecule has 0 unspecified atom stereocenters. The van der Waals surface area contributed by atoms with E-state index in [0.29, 0.717) is 12.2 Å². The maximum absolute atomic E-state index is 14.3. The first kappa shape index (κ1) is 38.7. The number of carbonyl (C=O) groups is 4. The number of benzene rings is 2. The number of hydrogen-bond donors (Lipinski definition) is 1. The molecule has 11 heteroatoms. The average Bonchev–Trinajstić information content (AvgIpc) is 3.53. The Morgan fingerprint density at radius 2 is 1.68 bits per heavy atom. The molecular weight excluding hydrogens is 640 g/mol. The molecule has 50 heavy (non-hydrogen) atoms. The lowest BCUT2D eigenvalue weighted by atomic mass is 9.97. The van der Waals surface area contributed by atoms with Gasteiger partial charge in [-0.15, -0.1) is 0 Å². The fraction of sp³-hybridized carbons (Fsp3) is 0.590. The molecule has 2 heterocycles. The average molecular weight is 695 g/mol. The van der Waals surface area contributed by atoms with E-state index in [1.165, 1.54) is 0 Å². The Kier molecular flexibility index (Phi) is 14.9. The molecule has 2 amide bonds. The van der Waals surface area contributed by atoms with E-state index in [4.69, 9.17) is 23.7 Å². The van der Waals surface area contributed by atoms with Gasteiger partial charge in [-0.3, -0.25) is 14.4 Å². The summed E-state index contributed by atoms with van der Waals surface area (Å²) in [5, 5.41) is 2.77. The summed E-state index contributed by atoms with van der Waals surface area (Å²) in [5.41, 5.74) is 1.76. The molecule has 6 atom stereocenters. The van der Waals surface area contributed by atoms with Crippen molar-refractivity contribution >= 4 is 23.9 Å². The number of alkyl carbamates (subject to hydrolysis) is 1. The van der Waals surface area contributed by atoms with Crippen molar-refractivity contribution in [1.82, 2.24) is 10.2 Å². The second-order valence-electron chi connectivity index (χ2n) is 13.7. The Hall–Kier alpha value is -4.12. The van der Waals surface area contributed by atoms with Crippen LogP contribution in [0.15, 0.2) is 54.6 Å². The summed E-state index contributed by atoms with van der Waals surface area (Å²) in [5.74, 6) is -1.93. The molecule has 11 nitrogen and oxygen atoms in total. The summed E-state index contributed by atoms with van der Waals surface area (Å²) in [6, 6.07) is 16.2. The van der Waals surface area contributed by atoms with Gasteiger partial charge in [-0.1, -0.05) is 88.9 Å². The van der Waals surface area contributed by atoms with Crippen molar-refractivity contribution in [2.24, 2.45) is 11.8 Å². The Labute approximate surface area is 296 Å². The van der Waals surface area contributed by atoms with Gasteiger partial charge < -0.3 is 33.9 Å². The van der Waals surface area contributed by atoms with Crippen molar-refractivity contribution in [2.75, 3.05) is 13.7 Å². The Morgan fingerprint density at radius 3 is 2.36 bits per heavy atom. The molecule has 2 aliphatic rings. The number of carbonyl (C=O) groups excluding carboxylic acids is 4. The molecule has 0 aliphatic carbocycles. The van der Waals surface area contributed by atoms with Crippen LogP contribution in [0.25, 0.3) is 0 Å². The van der Waals surface area contributed by atoms with E-state index in [1.807, 2.05) is 68.4 Å². The number of nitrogens with one attached hydrogen (secondary N) is 1. The van der Waals surface area contributed by atoms with Gasteiger partial charge in [0, 0.05) is 13.0 Å². The highest BCUT2D eigenvalue weighted by Gasteiger charge is 2.47. The Morgan fingerprint density at radius 1 is 0.960 bits per heavy atom. The van der Waals surface area contributed by atoms with E-state index in [9.17, 15) is 19.2 Å². The number of cyclic esters (lactones) is 2. The van der Waals surface area contributed by atoms with Gasteiger partial charge in [0.2, 0.25) is 0 Å². The zero-order valence-electron chi connectivity index (χ0n) is 30.1. The van der Waals surface area contributed by atoms with Crippen molar-refractivity contribution in [3.8, 4) is 5.75 Å². The van der Waals surface area contributed by atoms with Gasteiger partial charge in [-0.2, -0.15) is 0 Å². The maximum atomic E-state index is 14.3. The van der Waals surface area contributed by atoms with Gasteiger partial charge in [-0.05, 0) is 48.9 Å². The molecule has 274 valence electrons. The standard InChI is InChI=1S/C39H54N2O9/c1-6-7-8-9-13-16-33-27(4)38(44)50-36(26(2)3)37(43)41-24-31(48-39(45)40-23-28-14-11-10-12-15-28)21-32(41)34(22-35(42)49-33)47-25-29-17-19-30(46-5)20-18-29/h10-12,14-15,17-20,26-27,31-34,36H,6-9,13,16,21-25H2,1-5H3,(H,40,45)/t27-,31+,32-,33-,34+,36-/m0/s1. The molecule has 0 saturated carbocycles. The smallest absolute Gasteiger partial charge is 0.407 e. The number of amides is 2. The van der Waals surface area contributed by atoms with Gasteiger partial charge >= 0.3 is 18.0 Å². The fourth-order valence-corrected chi connectivity index (χ4v) is 6.47. The molecule has 2 aromatic rings. The number of fused-ring (bicyclic) bond motifs is 1. The summed E-state index contributed by atoms with van der Waals surface area (Å²) in [6.45, 7) is 7.97. The number of hydrogen-bond acceptors (Lipinski definition) is 9. The zero-order chi connectivity index (χ0) is 36.0. The normalized spacial score (nSPS) is 24.4. The van der Waals surface area contributed by atoms with Crippen molar-refractivity contribution in [3.63, 3.8) is 0 Å². The van der Waals surface area contributed by atoms with Crippen LogP contribution in [-0.2, 0) is 46.5 Å². The minimum absolute atomic E-state index is 0.0520. The summed E-state index contributed by atoms with van der Waals surface area (Å²) in [4.78, 5) is 55.9. The molecule has 4 rings (SSSR count). The molecule has 0 radical (unpaired) electrons. The lowest BCUT2D eigenvalue weighted by Gasteiger charge is -2.36. The van der Waals surface area contributed by atoms with Crippen LogP contribution in [0.2, 0.25) is 0 Å². The van der Waals surface area contributed by atoms with E-state index in [0.717, 1.165) is 43.2 Å². The number of nitrogens with zero attached hydrogens (tertiary/aromatic N) is 1. The minimum atomic E-state index is -1.08. The topological polar surface area (TPSA) is 130 Å². The summed E-state index contributed by atoms with van der Waals surface area (Å²) in [6.07, 6.45) is 1.72. The van der Waals surface area contributed by atoms with Crippen LogP contribution in [0, 0.1) is 11.8 Å². The van der Waals surface area contributed by atoms with E-state index in [-0.39, 0.29) is 38.5 Å². The number of ether oxygens (including phenoxy) is 5. The molecule has 0 aromatic heterocycles. The third-order valence-corrected chi connectivity index (χ3v) is 9.46.